The number of piperidine rings is 2. The lowest BCUT2D eigenvalue weighted by Gasteiger charge is -2.44. The molecule has 31 heavy (non-hydrogen) atoms. The first-order valence-corrected chi connectivity index (χ1v) is 10.8. The van der Waals surface area contributed by atoms with Crippen molar-refractivity contribution in [2.24, 2.45) is 5.92 Å². The lowest BCUT2D eigenvalue weighted by Crippen LogP contribution is -2.49. The molecule has 3 aromatic heterocycles. The molecule has 0 aromatic carbocycles. The van der Waals surface area contributed by atoms with E-state index in [1.54, 1.807) is 18.3 Å². The van der Waals surface area contributed by atoms with Crippen molar-refractivity contribution in [1.29, 1.82) is 0 Å². The second-order valence-corrected chi connectivity index (χ2v) is 8.33. The molecule has 3 aromatic rings. The molecule has 2 fully saturated rings. The lowest BCUT2D eigenvalue weighted by molar-refractivity contribution is -0.137. The average Bonchev–Trinajstić information content (AvgIpc) is 3.21. The van der Waals surface area contributed by atoms with E-state index in [1.807, 2.05) is 0 Å². The van der Waals surface area contributed by atoms with Crippen LogP contribution in [0.25, 0.3) is 22.4 Å². The van der Waals surface area contributed by atoms with Crippen LogP contribution in [0.3, 0.4) is 0 Å². The highest BCUT2D eigenvalue weighted by Crippen LogP contribution is 2.38. The summed E-state index contributed by atoms with van der Waals surface area (Å²) in [6.45, 7) is 2.72. The summed E-state index contributed by atoms with van der Waals surface area (Å²) in [5.41, 5.74) is -0.510. The number of aromatic nitrogens is 4. The Morgan fingerprint density at radius 3 is 2.84 bits per heavy atom. The first kappa shape index (κ1) is 20.2. The largest absolute Gasteiger partial charge is 0.477 e. The van der Waals surface area contributed by atoms with Crippen LogP contribution in [0.15, 0.2) is 30.5 Å². The van der Waals surface area contributed by atoms with Gasteiger partial charge in [-0.1, -0.05) is 6.42 Å². The molecule has 6 nitrogen and oxygen atoms in total. The molecule has 0 saturated carbocycles. The minimum atomic E-state index is -4.55. The number of pyridine rings is 2. The molecule has 2 saturated heterocycles. The summed E-state index contributed by atoms with van der Waals surface area (Å²) in [5.74, 6) is 0.571. The Balaban J connectivity index is 1.43. The van der Waals surface area contributed by atoms with Crippen LogP contribution in [0.2, 0.25) is 0 Å². The molecule has 1 N–H and O–H groups in total. The van der Waals surface area contributed by atoms with E-state index in [1.165, 1.54) is 18.9 Å². The Labute approximate surface area is 177 Å². The van der Waals surface area contributed by atoms with Crippen LogP contribution in [0.5, 0.6) is 5.88 Å². The summed E-state index contributed by atoms with van der Waals surface area (Å²) >= 11 is 0. The van der Waals surface area contributed by atoms with E-state index in [4.69, 9.17) is 4.74 Å². The fourth-order valence-corrected chi connectivity index (χ4v) is 4.94. The van der Waals surface area contributed by atoms with Crippen molar-refractivity contribution in [3.63, 3.8) is 0 Å². The molecule has 2 aliphatic heterocycles. The number of rotatable bonds is 4. The maximum absolute atomic E-state index is 13.7. The van der Waals surface area contributed by atoms with Crippen LogP contribution in [-0.4, -0.2) is 50.8 Å². The van der Waals surface area contributed by atoms with E-state index < -0.39 is 11.7 Å². The Bertz CT molecular complexity index is 1060. The number of fused-ring (bicyclic) bond motifs is 2. The van der Waals surface area contributed by atoms with Gasteiger partial charge in [0.2, 0.25) is 5.88 Å². The van der Waals surface area contributed by atoms with Gasteiger partial charge in [-0.15, -0.1) is 0 Å². The van der Waals surface area contributed by atoms with Crippen molar-refractivity contribution in [1.82, 2.24) is 25.1 Å². The molecule has 2 atom stereocenters. The van der Waals surface area contributed by atoms with Gasteiger partial charge in [0.05, 0.1) is 17.9 Å². The van der Waals surface area contributed by atoms with E-state index >= 15 is 0 Å². The average molecular weight is 431 g/mol. The van der Waals surface area contributed by atoms with Gasteiger partial charge >= 0.3 is 6.18 Å². The van der Waals surface area contributed by atoms with Gasteiger partial charge < -0.3 is 4.74 Å². The van der Waals surface area contributed by atoms with Crippen molar-refractivity contribution in [3.05, 3.63) is 36.0 Å². The Morgan fingerprint density at radius 2 is 1.97 bits per heavy atom. The van der Waals surface area contributed by atoms with E-state index in [9.17, 15) is 13.2 Å². The Kier molecular flexibility index (Phi) is 5.29. The number of hydrogen-bond donors (Lipinski definition) is 1. The highest BCUT2D eigenvalue weighted by atomic mass is 19.4. The van der Waals surface area contributed by atoms with Crippen LogP contribution in [0.4, 0.5) is 13.2 Å². The zero-order valence-electron chi connectivity index (χ0n) is 17.0. The number of aromatic amines is 1. The van der Waals surface area contributed by atoms with Crippen molar-refractivity contribution in [3.8, 4) is 17.3 Å². The summed E-state index contributed by atoms with van der Waals surface area (Å²) in [7, 11) is 0. The molecule has 5 rings (SSSR count). The van der Waals surface area contributed by atoms with E-state index in [-0.39, 0.29) is 17.3 Å². The van der Waals surface area contributed by atoms with Gasteiger partial charge in [-0.25, -0.2) is 9.97 Å². The number of alkyl halides is 3. The van der Waals surface area contributed by atoms with Crippen molar-refractivity contribution < 1.29 is 17.9 Å². The first-order chi connectivity index (χ1) is 15.0. The van der Waals surface area contributed by atoms with Crippen LogP contribution >= 0.6 is 0 Å². The predicted molar refractivity (Wildman–Crippen MR) is 110 cm³/mol. The second kappa shape index (κ2) is 8.11. The highest BCUT2D eigenvalue weighted by Gasteiger charge is 2.36. The SMILES string of the molecule is FC(F)(F)c1ccc(OC[C@@H]2CCCN3CCCC[C@H]23)nc1-c1[nH]nc2ncccc12. The molecule has 0 amide bonds. The van der Waals surface area contributed by atoms with Gasteiger partial charge in [0.15, 0.2) is 5.65 Å². The van der Waals surface area contributed by atoms with E-state index in [0.717, 1.165) is 38.4 Å². The quantitative estimate of drug-likeness (QED) is 0.650. The molecule has 0 spiro atoms. The fourth-order valence-electron chi connectivity index (χ4n) is 4.94. The topological polar surface area (TPSA) is 66.9 Å². The molecule has 0 radical (unpaired) electrons. The minimum Gasteiger partial charge on any atom is -0.477 e. The Hall–Kier alpha value is -2.68. The van der Waals surface area contributed by atoms with Crippen LogP contribution in [0, 0.1) is 5.92 Å². The lowest BCUT2D eigenvalue weighted by atomic mass is 9.84. The molecule has 0 aliphatic carbocycles. The fraction of sp³-hybridized carbons (Fsp3) is 0.500. The van der Waals surface area contributed by atoms with Gasteiger partial charge in [-0.3, -0.25) is 10.00 Å². The van der Waals surface area contributed by atoms with Gasteiger partial charge in [-0.05, 0) is 57.0 Å². The smallest absolute Gasteiger partial charge is 0.418 e. The number of nitrogens with zero attached hydrogens (tertiary/aromatic N) is 4. The van der Waals surface area contributed by atoms with Gasteiger partial charge in [-0.2, -0.15) is 18.3 Å². The predicted octanol–water partition coefficient (Wildman–Crippen LogP) is 4.68. The summed E-state index contributed by atoms with van der Waals surface area (Å²) in [5, 5.41) is 7.19. The maximum atomic E-state index is 13.7. The number of halogens is 3. The Morgan fingerprint density at radius 1 is 1.10 bits per heavy atom. The number of ether oxygens (including phenoxy) is 1. The number of hydrogen-bond acceptors (Lipinski definition) is 5. The van der Waals surface area contributed by atoms with Gasteiger partial charge in [0.1, 0.15) is 5.69 Å². The maximum Gasteiger partial charge on any atom is 0.418 e. The standard InChI is InChI=1S/C22H24F3N5O/c23-22(24,25)16-8-9-18(27-20(16)19-15-6-3-10-26-21(15)29-28-19)31-13-14-5-4-12-30-11-2-1-7-17(14)30/h3,6,8-10,14,17H,1-2,4-5,7,11-13H2,(H,26,28,29)/t14-,17+/m0/s1. The van der Waals surface area contributed by atoms with Crippen LogP contribution < -0.4 is 4.74 Å². The van der Waals surface area contributed by atoms with E-state index in [0.29, 0.717) is 29.6 Å². The molecule has 164 valence electrons. The second-order valence-electron chi connectivity index (χ2n) is 8.33. The number of H-pyrrole nitrogens is 1. The molecule has 9 heteroatoms. The van der Waals surface area contributed by atoms with Crippen LogP contribution in [0.1, 0.15) is 37.7 Å². The van der Waals surface area contributed by atoms with Crippen molar-refractivity contribution >= 4 is 11.0 Å². The zero-order valence-corrected chi connectivity index (χ0v) is 17.0. The monoisotopic (exact) mass is 431 g/mol. The molecule has 2 aliphatic rings. The van der Waals surface area contributed by atoms with Crippen molar-refractivity contribution in [2.45, 2.75) is 44.3 Å². The van der Waals surface area contributed by atoms with Gasteiger partial charge in [0.25, 0.3) is 0 Å². The molecule has 0 unspecified atom stereocenters. The molecule has 5 heterocycles. The normalized spacial score (nSPS) is 22.4. The zero-order chi connectivity index (χ0) is 21.4. The summed E-state index contributed by atoms with van der Waals surface area (Å²) in [4.78, 5) is 10.9. The third-order valence-corrected chi connectivity index (χ3v) is 6.42. The number of nitrogens with one attached hydrogen (secondary N) is 1. The summed E-state index contributed by atoms with van der Waals surface area (Å²) in [6.07, 6.45) is 2.82. The third kappa shape index (κ3) is 3.98. The van der Waals surface area contributed by atoms with Gasteiger partial charge in [0, 0.05) is 29.6 Å². The summed E-state index contributed by atoms with van der Waals surface area (Å²) in [6, 6.07) is 6.18. The third-order valence-electron chi connectivity index (χ3n) is 6.42. The molecule has 0 bridgehead atoms. The van der Waals surface area contributed by atoms with Crippen molar-refractivity contribution in [2.75, 3.05) is 19.7 Å². The summed E-state index contributed by atoms with van der Waals surface area (Å²) < 4.78 is 47.1. The minimum absolute atomic E-state index is 0.192. The highest BCUT2D eigenvalue weighted by molar-refractivity contribution is 5.90. The molecular weight excluding hydrogens is 407 g/mol. The molecular formula is C22H24F3N5O. The van der Waals surface area contributed by atoms with E-state index in [2.05, 4.69) is 25.1 Å². The first-order valence-electron chi connectivity index (χ1n) is 10.8. The van der Waals surface area contributed by atoms with Crippen LogP contribution in [-0.2, 0) is 6.18 Å².